The number of benzene rings is 2. The lowest BCUT2D eigenvalue weighted by atomic mass is 10.1. The van der Waals surface area contributed by atoms with Crippen LogP contribution in [0.5, 0.6) is 0 Å². The van der Waals surface area contributed by atoms with Crippen molar-refractivity contribution in [3.63, 3.8) is 0 Å². The lowest BCUT2D eigenvalue weighted by Gasteiger charge is -2.19. The van der Waals surface area contributed by atoms with Crippen LogP contribution in [0.15, 0.2) is 66.1 Å². The number of nitrogens with one attached hydrogen (secondary N) is 1. The van der Waals surface area contributed by atoms with Crippen molar-refractivity contribution in [3.8, 4) is 5.69 Å². The Morgan fingerprint density at radius 2 is 1.84 bits per heavy atom. The highest BCUT2D eigenvalue weighted by molar-refractivity contribution is 7.89. The van der Waals surface area contributed by atoms with Crippen molar-refractivity contribution in [1.82, 2.24) is 19.2 Å². The van der Waals surface area contributed by atoms with E-state index in [1.54, 1.807) is 26.4 Å². The highest BCUT2D eigenvalue weighted by atomic mass is 35.5. The van der Waals surface area contributed by atoms with Gasteiger partial charge in [0.15, 0.2) is 0 Å². The molecule has 0 bridgehead atoms. The molecule has 0 fully saturated rings. The summed E-state index contributed by atoms with van der Waals surface area (Å²) in [5.41, 5.74) is 1.98. The number of amides is 1. The van der Waals surface area contributed by atoms with Crippen molar-refractivity contribution in [2.45, 2.75) is 31.7 Å². The maximum Gasteiger partial charge on any atom is 0.253 e. The van der Waals surface area contributed by atoms with Crippen LogP contribution in [0.4, 0.5) is 0 Å². The van der Waals surface area contributed by atoms with Crippen molar-refractivity contribution >= 4 is 27.5 Å². The van der Waals surface area contributed by atoms with Crippen LogP contribution in [-0.4, -0.2) is 41.3 Å². The fraction of sp³-hybridized carbons (Fsp3) is 0.273. The Labute approximate surface area is 187 Å². The first kappa shape index (κ1) is 23.0. The number of aromatic nitrogens is 2. The summed E-state index contributed by atoms with van der Waals surface area (Å²) in [5.74, 6) is -0.437. The van der Waals surface area contributed by atoms with Gasteiger partial charge in [-0.15, -0.1) is 0 Å². The second kappa shape index (κ2) is 9.64. The SMILES string of the molecule is CCN(CC)S(=O)(=O)c1ccc(Cl)c(C(=O)NC(C)c2ccc(-n3ccnc3)cc2)c1. The fourth-order valence-electron chi connectivity index (χ4n) is 3.26. The molecule has 1 aromatic heterocycles. The summed E-state index contributed by atoms with van der Waals surface area (Å²) in [6.07, 6.45) is 5.26. The van der Waals surface area contributed by atoms with Crippen LogP contribution in [-0.2, 0) is 10.0 Å². The second-order valence-corrected chi connectivity index (χ2v) is 9.33. The summed E-state index contributed by atoms with van der Waals surface area (Å²) in [6, 6.07) is 11.6. The Balaban J connectivity index is 1.80. The molecule has 164 valence electrons. The average molecular weight is 461 g/mol. The monoisotopic (exact) mass is 460 g/mol. The van der Waals surface area contributed by atoms with E-state index < -0.39 is 15.9 Å². The van der Waals surface area contributed by atoms with Crippen LogP contribution in [0.3, 0.4) is 0 Å². The van der Waals surface area contributed by atoms with Gasteiger partial charge in [-0.2, -0.15) is 4.31 Å². The topological polar surface area (TPSA) is 84.3 Å². The Kier molecular flexibility index (Phi) is 7.15. The van der Waals surface area contributed by atoms with E-state index in [1.165, 1.54) is 22.5 Å². The van der Waals surface area contributed by atoms with Crippen molar-refractivity contribution < 1.29 is 13.2 Å². The molecule has 0 saturated heterocycles. The number of hydrogen-bond acceptors (Lipinski definition) is 4. The first-order valence-corrected chi connectivity index (χ1v) is 11.8. The predicted molar refractivity (Wildman–Crippen MR) is 121 cm³/mol. The molecule has 0 radical (unpaired) electrons. The van der Waals surface area contributed by atoms with Crippen molar-refractivity contribution in [2.24, 2.45) is 0 Å². The van der Waals surface area contributed by atoms with E-state index >= 15 is 0 Å². The average Bonchev–Trinajstić information content (AvgIpc) is 3.29. The number of rotatable bonds is 8. The van der Waals surface area contributed by atoms with Crippen molar-refractivity contribution in [1.29, 1.82) is 0 Å². The molecule has 3 rings (SSSR count). The number of carbonyl (C=O) groups is 1. The van der Waals surface area contributed by atoms with Gasteiger partial charge in [0.2, 0.25) is 10.0 Å². The molecule has 0 aliphatic rings. The zero-order valence-electron chi connectivity index (χ0n) is 17.6. The summed E-state index contributed by atoms with van der Waals surface area (Å²) in [5, 5.41) is 3.09. The first-order valence-electron chi connectivity index (χ1n) is 9.96. The third-order valence-electron chi connectivity index (χ3n) is 5.07. The van der Waals surface area contributed by atoms with Gasteiger partial charge >= 0.3 is 0 Å². The molecule has 2 aromatic carbocycles. The highest BCUT2D eigenvalue weighted by Gasteiger charge is 2.24. The molecule has 1 unspecified atom stereocenters. The highest BCUT2D eigenvalue weighted by Crippen LogP contribution is 2.24. The molecule has 3 aromatic rings. The number of nitrogens with zero attached hydrogens (tertiary/aromatic N) is 3. The zero-order chi connectivity index (χ0) is 22.6. The number of imidazole rings is 1. The Hall–Kier alpha value is -2.68. The van der Waals surface area contributed by atoms with E-state index in [0.717, 1.165) is 11.3 Å². The number of halogens is 1. The van der Waals surface area contributed by atoms with Crippen LogP contribution in [0.2, 0.25) is 5.02 Å². The van der Waals surface area contributed by atoms with Gasteiger partial charge in [0, 0.05) is 31.2 Å². The molecular weight excluding hydrogens is 436 g/mol. The van der Waals surface area contributed by atoms with Crippen LogP contribution in [0.25, 0.3) is 5.69 Å². The van der Waals surface area contributed by atoms with Crippen LogP contribution < -0.4 is 5.32 Å². The van der Waals surface area contributed by atoms with E-state index in [0.29, 0.717) is 13.1 Å². The molecule has 0 saturated carbocycles. The van der Waals surface area contributed by atoms with Gasteiger partial charge in [0.1, 0.15) is 0 Å². The number of sulfonamides is 1. The molecular formula is C22H25ClN4O3S. The summed E-state index contributed by atoms with van der Waals surface area (Å²) < 4.78 is 28.8. The molecule has 1 heterocycles. The Bertz CT molecular complexity index is 1140. The van der Waals surface area contributed by atoms with E-state index in [4.69, 9.17) is 11.6 Å². The Morgan fingerprint density at radius 3 is 2.42 bits per heavy atom. The minimum Gasteiger partial charge on any atom is -0.345 e. The summed E-state index contributed by atoms with van der Waals surface area (Å²) in [4.78, 5) is 17.0. The molecule has 0 spiro atoms. The number of hydrogen-bond donors (Lipinski definition) is 1. The fourth-order valence-corrected chi connectivity index (χ4v) is 4.94. The van der Waals surface area contributed by atoms with Gasteiger partial charge in [0.05, 0.1) is 27.9 Å². The minimum absolute atomic E-state index is 0.0445. The molecule has 7 nitrogen and oxygen atoms in total. The molecule has 31 heavy (non-hydrogen) atoms. The van der Waals surface area contributed by atoms with Gasteiger partial charge < -0.3 is 9.88 Å². The van der Waals surface area contributed by atoms with Crippen molar-refractivity contribution in [2.75, 3.05) is 13.1 Å². The normalized spacial score (nSPS) is 12.7. The zero-order valence-corrected chi connectivity index (χ0v) is 19.2. The standard InChI is InChI=1S/C22H25ClN4O3S/c1-4-27(5-2)31(29,30)19-10-11-21(23)20(14-19)22(28)25-16(3)17-6-8-18(9-7-17)26-13-12-24-15-26/h6-16H,4-5H2,1-3H3,(H,25,28). The van der Waals surface area contributed by atoms with Crippen LogP contribution in [0.1, 0.15) is 42.7 Å². The van der Waals surface area contributed by atoms with Gasteiger partial charge in [-0.05, 0) is 42.8 Å². The smallest absolute Gasteiger partial charge is 0.253 e. The maximum atomic E-state index is 12.9. The molecule has 9 heteroatoms. The maximum absolute atomic E-state index is 12.9. The van der Waals surface area contributed by atoms with E-state index in [9.17, 15) is 13.2 Å². The van der Waals surface area contributed by atoms with E-state index in [1.807, 2.05) is 42.0 Å². The quantitative estimate of drug-likeness (QED) is 0.549. The minimum atomic E-state index is -3.69. The van der Waals surface area contributed by atoms with Crippen LogP contribution in [0, 0.1) is 0 Å². The van der Waals surface area contributed by atoms with Crippen LogP contribution >= 0.6 is 11.6 Å². The number of carbonyl (C=O) groups excluding carboxylic acids is 1. The summed E-state index contributed by atoms with van der Waals surface area (Å²) >= 11 is 6.22. The second-order valence-electron chi connectivity index (χ2n) is 6.99. The van der Waals surface area contributed by atoms with E-state index in [2.05, 4.69) is 10.3 Å². The Morgan fingerprint density at radius 1 is 1.16 bits per heavy atom. The lowest BCUT2D eigenvalue weighted by molar-refractivity contribution is 0.0940. The van der Waals surface area contributed by atoms with Gasteiger partial charge in [-0.1, -0.05) is 37.6 Å². The van der Waals surface area contributed by atoms with Crippen molar-refractivity contribution in [3.05, 3.63) is 77.3 Å². The van der Waals surface area contributed by atoms with Gasteiger partial charge in [0.25, 0.3) is 5.91 Å². The lowest BCUT2D eigenvalue weighted by Crippen LogP contribution is -2.31. The predicted octanol–water partition coefficient (Wildman–Crippen LogP) is 4.05. The molecule has 1 atom stereocenters. The molecule has 0 aliphatic heterocycles. The van der Waals surface area contributed by atoms with Gasteiger partial charge in [-0.3, -0.25) is 4.79 Å². The third kappa shape index (κ3) is 4.98. The largest absolute Gasteiger partial charge is 0.345 e. The molecule has 0 aliphatic carbocycles. The van der Waals surface area contributed by atoms with E-state index in [-0.39, 0.29) is 21.5 Å². The van der Waals surface area contributed by atoms with Gasteiger partial charge in [-0.25, -0.2) is 13.4 Å². The first-order chi connectivity index (χ1) is 14.8. The summed E-state index contributed by atoms with van der Waals surface area (Å²) in [7, 11) is -3.69. The molecule has 1 amide bonds. The summed E-state index contributed by atoms with van der Waals surface area (Å²) in [6.45, 7) is 6.08. The molecule has 1 N–H and O–H groups in total. The third-order valence-corrected chi connectivity index (χ3v) is 7.44.